The van der Waals surface area contributed by atoms with Gasteiger partial charge in [-0.25, -0.2) is 0 Å². The summed E-state index contributed by atoms with van der Waals surface area (Å²) in [6.07, 6.45) is 6.32. The predicted octanol–water partition coefficient (Wildman–Crippen LogP) is 3.64. The number of aromatic hydroxyl groups is 1. The fraction of sp³-hybridized carbons (Fsp3) is 0.457. The lowest BCUT2D eigenvalue weighted by molar-refractivity contribution is -0.149. The Kier molecular flexibility index (Phi) is 16.7. The third-order valence-corrected chi connectivity index (χ3v) is 11.9. The minimum absolute atomic E-state index is 0.0129. The molecule has 4 fully saturated rings. The predicted molar refractivity (Wildman–Crippen MR) is 235 cm³/mol. The summed E-state index contributed by atoms with van der Waals surface area (Å²) in [4.78, 5) is 70.8. The number of ketones is 1. The second-order valence-corrected chi connectivity index (χ2v) is 15.9. The summed E-state index contributed by atoms with van der Waals surface area (Å²) in [6, 6.07) is 7.89. The number of likely N-dealkylation sites (tertiary alicyclic amines) is 2. The number of carbonyl (C=O) groups is 5. The lowest BCUT2D eigenvalue weighted by Crippen LogP contribution is -2.54. The number of aliphatic hydroxyl groups excluding tert-OH is 1. The Morgan fingerprint density at radius 2 is 1.71 bits per heavy atom. The number of nitrogens with one attached hydrogen (secondary N) is 1. The number of benzene rings is 2. The van der Waals surface area contributed by atoms with Crippen molar-refractivity contribution in [2.45, 2.75) is 51.2 Å². The highest BCUT2D eigenvalue weighted by Gasteiger charge is 2.47. The van der Waals surface area contributed by atoms with Gasteiger partial charge in [0.25, 0.3) is 11.8 Å². The van der Waals surface area contributed by atoms with E-state index in [2.05, 4.69) is 33.2 Å². The average molecular weight is 890 g/mol. The van der Waals surface area contributed by atoms with Crippen molar-refractivity contribution in [2.24, 2.45) is 0 Å². The number of ether oxygens (including phenoxy) is 4. The first-order valence-corrected chi connectivity index (χ1v) is 21.7. The van der Waals surface area contributed by atoms with Crippen LogP contribution < -0.4 is 15.0 Å². The largest absolute Gasteiger partial charge is 0.507 e. The molecule has 0 aliphatic carbocycles. The molecule has 2 aromatic carbocycles. The monoisotopic (exact) mass is 889 g/mol. The number of hydrogen-bond donors (Lipinski definition) is 3. The highest BCUT2D eigenvalue weighted by molar-refractivity contribution is 6.32. The molecule has 0 spiro atoms. The Morgan fingerprint density at radius 1 is 0.968 bits per heavy atom. The number of carbonyl (C=O) groups excluding carboxylic acids is 5. The number of phenols is 1. The SMILES string of the molecule is C=C/C(OCCOCCOCCN1CCN(c2ccc(/C=C/C(=O)c3cc(CN4CCC[C@@H]4CO)c(OCC)cc3O)c(Cl)c2)CC1)=C1\C(=C)C(=O)N(C2CCC(=O)NC2=O)C1=O. The van der Waals surface area contributed by atoms with Crippen molar-refractivity contribution in [1.29, 1.82) is 0 Å². The van der Waals surface area contributed by atoms with Gasteiger partial charge in [-0.3, -0.25) is 44.0 Å². The van der Waals surface area contributed by atoms with Crippen LogP contribution in [0.1, 0.15) is 54.1 Å². The lowest BCUT2D eigenvalue weighted by Gasteiger charge is -2.36. The number of aliphatic hydroxyl groups is 1. The summed E-state index contributed by atoms with van der Waals surface area (Å²) < 4.78 is 22.9. The van der Waals surface area contributed by atoms with E-state index in [-0.39, 0.29) is 72.7 Å². The third-order valence-electron chi connectivity index (χ3n) is 11.5. The molecule has 2 atom stereocenters. The molecule has 6 rings (SSSR count). The molecule has 4 aliphatic rings. The highest BCUT2D eigenvalue weighted by atomic mass is 35.5. The summed E-state index contributed by atoms with van der Waals surface area (Å²) >= 11 is 6.70. The number of nitrogens with zero attached hydrogens (tertiary/aromatic N) is 4. The van der Waals surface area contributed by atoms with E-state index in [4.69, 9.17) is 30.5 Å². The topological polar surface area (TPSA) is 188 Å². The minimum atomic E-state index is -1.10. The van der Waals surface area contributed by atoms with Gasteiger partial charge in [0.1, 0.15) is 29.9 Å². The molecule has 16 nitrogen and oxygen atoms in total. The number of imide groups is 2. The maximum Gasteiger partial charge on any atom is 0.266 e. The van der Waals surface area contributed by atoms with E-state index in [9.17, 15) is 34.2 Å². The maximum atomic E-state index is 13.3. The molecule has 0 aromatic heterocycles. The third kappa shape index (κ3) is 11.6. The number of piperazine rings is 1. The van der Waals surface area contributed by atoms with Crippen LogP contribution in [-0.4, -0.2) is 152 Å². The van der Waals surface area contributed by atoms with Gasteiger partial charge in [-0.1, -0.05) is 30.8 Å². The number of amides is 4. The van der Waals surface area contributed by atoms with E-state index >= 15 is 0 Å². The molecule has 17 heteroatoms. The Hall–Kier alpha value is -5.36. The van der Waals surface area contributed by atoms with E-state index in [0.717, 1.165) is 68.3 Å². The molecule has 0 saturated carbocycles. The molecule has 0 bridgehead atoms. The van der Waals surface area contributed by atoms with Gasteiger partial charge in [-0.05, 0) is 74.7 Å². The first-order chi connectivity index (χ1) is 30.4. The quantitative estimate of drug-likeness (QED) is 0.0542. The van der Waals surface area contributed by atoms with Crippen LogP contribution in [0.25, 0.3) is 6.08 Å². The van der Waals surface area contributed by atoms with E-state index < -0.39 is 29.7 Å². The molecule has 338 valence electrons. The van der Waals surface area contributed by atoms with Crippen LogP contribution in [0.2, 0.25) is 5.02 Å². The van der Waals surface area contributed by atoms with Crippen molar-refractivity contribution >= 4 is 52.8 Å². The first-order valence-electron chi connectivity index (χ1n) is 21.3. The zero-order chi connectivity index (χ0) is 45.0. The number of phenolic OH excluding ortho intramolecular Hbond substituents is 1. The second-order valence-electron chi connectivity index (χ2n) is 15.5. The van der Waals surface area contributed by atoms with Gasteiger partial charge >= 0.3 is 0 Å². The van der Waals surface area contributed by atoms with Gasteiger partial charge < -0.3 is 34.1 Å². The number of allylic oxidation sites excluding steroid dienone is 2. The zero-order valence-corrected chi connectivity index (χ0v) is 36.4. The van der Waals surface area contributed by atoms with Crippen molar-refractivity contribution in [3.8, 4) is 11.5 Å². The molecule has 1 unspecified atom stereocenters. The zero-order valence-electron chi connectivity index (χ0n) is 35.7. The van der Waals surface area contributed by atoms with Gasteiger partial charge in [0.15, 0.2) is 5.78 Å². The molecular weight excluding hydrogens is 834 g/mol. The van der Waals surface area contributed by atoms with E-state index in [1.165, 1.54) is 18.2 Å². The highest BCUT2D eigenvalue weighted by Crippen LogP contribution is 2.34. The summed E-state index contributed by atoms with van der Waals surface area (Å²) in [6.45, 7) is 16.6. The molecule has 4 aliphatic heterocycles. The molecule has 63 heavy (non-hydrogen) atoms. The Morgan fingerprint density at radius 3 is 2.41 bits per heavy atom. The molecule has 3 N–H and O–H groups in total. The summed E-state index contributed by atoms with van der Waals surface area (Å²) in [5.41, 5.74) is 2.43. The van der Waals surface area contributed by atoms with Gasteiger partial charge in [-0.15, -0.1) is 0 Å². The van der Waals surface area contributed by atoms with Gasteiger partial charge in [0, 0.05) is 79.6 Å². The van der Waals surface area contributed by atoms with E-state index in [1.54, 1.807) is 12.1 Å². The van der Waals surface area contributed by atoms with Crippen LogP contribution in [0.5, 0.6) is 11.5 Å². The Balaban J connectivity index is 0.886. The smallest absolute Gasteiger partial charge is 0.266 e. The second kappa shape index (κ2) is 22.3. The summed E-state index contributed by atoms with van der Waals surface area (Å²) in [7, 11) is 0. The summed E-state index contributed by atoms with van der Waals surface area (Å²) in [5.74, 6) is -2.56. The van der Waals surface area contributed by atoms with Crippen LogP contribution >= 0.6 is 11.6 Å². The standard InChI is InChI=1S/C46H56ClN5O11/c1-4-40(43-30(3)45(58)52(46(43)59)37-11-13-42(56)48-44(37)57)63-24-23-61-22-21-60-20-19-49-15-17-50(18-16-49)33-10-8-31(36(47)26-33)9-12-38(54)35-25-32(41(62-5-2)27-39(35)55)28-51-14-6-7-34(51)29-53/h4,8-10,12,25-27,34,37,53,55H,1,3,5-7,11,13-24,28-29H2,2H3,(H,48,56,57)/b12-9+,43-40-/t34-,37?/m1/s1. The molecule has 4 saturated heterocycles. The van der Waals surface area contributed by atoms with Crippen molar-refractivity contribution in [1.82, 2.24) is 20.0 Å². The lowest BCUT2D eigenvalue weighted by atomic mass is 10.0. The van der Waals surface area contributed by atoms with Crippen LogP contribution in [-0.2, 0) is 39.9 Å². The fourth-order valence-corrected chi connectivity index (χ4v) is 8.34. The van der Waals surface area contributed by atoms with Crippen molar-refractivity contribution in [3.05, 3.63) is 94.3 Å². The van der Waals surface area contributed by atoms with Crippen molar-refractivity contribution in [3.63, 3.8) is 0 Å². The number of piperidine rings is 1. The Bertz CT molecular complexity index is 2130. The summed E-state index contributed by atoms with van der Waals surface area (Å²) in [5, 5.41) is 23.2. The maximum absolute atomic E-state index is 13.3. The van der Waals surface area contributed by atoms with Gasteiger partial charge in [0.05, 0.1) is 50.8 Å². The Labute approximate surface area is 372 Å². The van der Waals surface area contributed by atoms with Crippen LogP contribution in [0, 0.1) is 0 Å². The molecule has 2 aromatic rings. The number of halogens is 1. The van der Waals surface area contributed by atoms with Crippen molar-refractivity contribution < 1.29 is 53.1 Å². The molecule has 4 amide bonds. The minimum Gasteiger partial charge on any atom is -0.507 e. The fourth-order valence-electron chi connectivity index (χ4n) is 8.11. The van der Waals surface area contributed by atoms with Crippen LogP contribution in [0.3, 0.4) is 0 Å². The van der Waals surface area contributed by atoms with Crippen molar-refractivity contribution in [2.75, 3.05) is 90.4 Å². The van der Waals surface area contributed by atoms with Crippen LogP contribution in [0.15, 0.2) is 72.5 Å². The molecular formula is C46H56ClN5O11. The van der Waals surface area contributed by atoms with Gasteiger partial charge in [-0.2, -0.15) is 0 Å². The van der Waals surface area contributed by atoms with Crippen LogP contribution in [0.4, 0.5) is 5.69 Å². The first kappa shape index (κ1) is 47.1. The normalized spacial score (nSPS) is 20.8. The molecule has 4 heterocycles. The van der Waals surface area contributed by atoms with E-state index in [1.807, 2.05) is 25.1 Å². The van der Waals surface area contributed by atoms with E-state index in [0.29, 0.717) is 49.3 Å². The number of hydrogen-bond acceptors (Lipinski definition) is 14. The van der Waals surface area contributed by atoms with Gasteiger partial charge in [0.2, 0.25) is 11.8 Å². The number of rotatable bonds is 21. The molecule has 0 radical (unpaired) electrons. The average Bonchev–Trinajstić information content (AvgIpc) is 3.81. The number of anilines is 1.